The topological polar surface area (TPSA) is 81.8 Å². The predicted molar refractivity (Wildman–Crippen MR) is 120 cm³/mol. The van der Waals surface area contributed by atoms with Gasteiger partial charge in [0.25, 0.3) is 0 Å². The summed E-state index contributed by atoms with van der Waals surface area (Å²) in [4.78, 5) is 42.0. The van der Waals surface area contributed by atoms with Gasteiger partial charge in [0.05, 0.1) is 0 Å². The van der Waals surface area contributed by atoms with Gasteiger partial charge in [-0.3, -0.25) is 9.59 Å². The van der Waals surface area contributed by atoms with E-state index >= 15 is 0 Å². The molecular formula is C24H36N4O3. The van der Waals surface area contributed by atoms with Crippen LogP contribution >= 0.6 is 0 Å². The van der Waals surface area contributed by atoms with Crippen molar-refractivity contribution in [2.75, 3.05) is 26.2 Å². The second-order valence-corrected chi connectivity index (χ2v) is 8.79. The summed E-state index contributed by atoms with van der Waals surface area (Å²) < 4.78 is 0. The lowest BCUT2D eigenvalue weighted by Crippen LogP contribution is -2.61. The maximum Gasteiger partial charge on any atom is 0.317 e. The number of hydrogen-bond donors (Lipinski definition) is 2. The predicted octanol–water partition coefficient (Wildman–Crippen LogP) is 2.56. The molecule has 7 heteroatoms. The van der Waals surface area contributed by atoms with E-state index in [1.807, 2.05) is 37.3 Å². The van der Waals surface area contributed by atoms with Crippen LogP contribution in [0.1, 0.15) is 51.5 Å². The lowest BCUT2D eigenvalue weighted by Gasteiger charge is -2.41. The van der Waals surface area contributed by atoms with E-state index in [-0.39, 0.29) is 29.8 Å². The molecule has 0 radical (unpaired) electrons. The van der Waals surface area contributed by atoms with E-state index in [9.17, 15) is 14.4 Å². The van der Waals surface area contributed by atoms with Crippen LogP contribution in [0.3, 0.4) is 0 Å². The molecule has 2 aliphatic rings. The Morgan fingerprint density at radius 3 is 2.48 bits per heavy atom. The second kappa shape index (κ2) is 11.2. The van der Waals surface area contributed by atoms with E-state index < -0.39 is 6.04 Å². The number of nitrogens with zero attached hydrogens (tertiary/aromatic N) is 2. The Morgan fingerprint density at radius 2 is 1.87 bits per heavy atom. The van der Waals surface area contributed by atoms with Crippen LogP contribution in [0.15, 0.2) is 30.3 Å². The summed E-state index contributed by atoms with van der Waals surface area (Å²) in [7, 11) is 0. The van der Waals surface area contributed by atoms with Gasteiger partial charge in [-0.1, -0.05) is 50.1 Å². The third kappa shape index (κ3) is 6.21. The average Bonchev–Trinajstić information content (AvgIpc) is 2.72. The SMILES string of the molecule is CCCCNC(=O)N1CCN(C(=O)C(Cc2ccccc2)NC(=O)C2CCC2)CC1C. The molecule has 1 heterocycles. The summed E-state index contributed by atoms with van der Waals surface area (Å²) in [6, 6.07) is 9.10. The smallest absolute Gasteiger partial charge is 0.317 e. The third-order valence-electron chi connectivity index (χ3n) is 6.38. The van der Waals surface area contributed by atoms with E-state index in [1.165, 1.54) is 0 Å². The zero-order valence-electron chi connectivity index (χ0n) is 18.8. The largest absolute Gasteiger partial charge is 0.344 e. The van der Waals surface area contributed by atoms with E-state index in [0.717, 1.165) is 37.7 Å². The van der Waals surface area contributed by atoms with Crippen LogP contribution in [0.25, 0.3) is 0 Å². The molecule has 2 unspecified atom stereocenters. The molecule has 2 N–H and O–H groups in total. The minimum Gasteiger partial charge on any atom is -0.344 e. The van der Waals surface area contributed by atoms with Crippen LogP contribution in [0.5, 0.6) is 0 Å². The maximum atomic E-state index is 13.4. The molecule has 1 saturated heterocycles. The molecule has 1 aromatic carbocycles. The first-order valence-corrected chi connectivity index (χ1v) is 11.7. The molecule has 170 valence electrons. The first-order chi connectivity index (χ1) is 15.0. The summed E-state index contributed by atoms with van der Waals surface area (Å²) >= 11 is 0. The number of benzene rings is 1. The van der Waals surface area contributed by atoms with Gasteiger partial charge in [0.1, 0.15) is 6.04 Å². The molecule has 4 amide bonds. The van der Waals surface area contributed by atoms with Gasteiger partial charge in [0, 0.05) is 44.6 Å². The van der Waals surface area contributed by atoms with Crippen molar-refractivity contribution in [3.8, 4) is 0 Å². The number of carbonyl (C=O) groups excluding carboxylic acids is 3. The van der Waals surface area contributed by atoms with Gasteiger partial charge in [-0.05, 0) is 31.7 Å². The molecule has 2 fully saturated rings. The lowest BCUT2D eigenvalue weighted by molar-refractivity contribution is -0.139. The van der Waals surface area contributed by atoms with Gasteiger partial charge in [-0.2, -0.15) is 0 Å². The summed E-state index contributed by atoms with van der Waals surface area (Å²) in [6.07, 6.45) is 5.36. The molecule has 0 spiro atoms. The van der Waals surface area contributed by atoms with Crippen molar-refractivity contribution in [3.05, 3.63) is 35.9 Å². The van der Waals surface area contributed by atoms with Crippen molar-refractivity contribution in [1.29, 1.82) is 0 Å². The highest BCUT2D eigenvalue weighted by atomic mass is 16.2. The highest BCUT2D eigenvalue weighted by Gasteiger charge is 2.35. The van der Waals surface area contributed by atoms with Gasteiger partial charge in [0.15, 0.2) is 0 Å². The van der Waals surface area contributed by atoms with E-state index in [0.29, 0.717) is 32.6 Å². The van der Waals surface area contributed by atoms with Gasteiger partial charge < -0.3 is 20.4 Å². The summed E-state index contributed by atoms with van der Waals surface area (Å²) in [5.41, 5.74) is 1.02. The average molecular weight is 429 g/mol. The monoisotopic (exact) mass is 428 g/mol. The Morgan fingerprint density at radius 1 is 1.13 bits per heavy atom. The van der Waals surface area contributed by atoms with Gasteiger partial charge >= 0.3 is 6.03 Å². The Hall–Kier alpha value is -2.57. The molecule has 7 nitrogen and oxygen atoms in total. The molecule has 0 aromatic heterocycles. The van der Waals surface area contributed by atoms with E-state index in [4.69, 9.17) is 0 Å². The van der Waals surface area contributed by atoms with Gasteiger partial charge in [-0.25, -0.2) is 4.79 Å². The highest BCUT2D eigenvalue weighted by molar-refractivity contribution is 5.89. The third-order valence-corrected chi connectivity index (χ3v) is 6.38. The van der Waals surface area contributed by atoms with Gasteiger partial charge in [0.2, 0.25) is 11.8 Å². The fourth-order valence-corrected chi connectivity index (χ4v) is 4.16. The van der Waals surface area contributed by atoms with Gasteiger partial charge in [-0.15, -0.1) is 0 Å². The van der Waals surface area contributed by atoms with Crippen molar-refractivity contribution in [2.45, 2.75) is 64.5 Å². The van der Waals surface area contributed by atoms with Crippen LogP contribution in [-0.2, 0) is 16.0 Å². The molecule has 0 bridgehead atoms. The zero-order chi connectivity index (χ0) is 22.2. The number of amides is 4. The lowest BCUT2D eigenvalue weighted by atomic mass is 9.84. The number of piperazine rings is 1. The van der Waals surface area contributed by atoms with Crippen molar-refractivity contribution in [1.82, 2.24) is 20.4 Å². The standard InChI is InChI=1S/C24H36N4O3/c1-3-4-13-25-24(31)28-15-14-27(17-18(28)2)23(30)21(16-19-9-6-5-7-10-19)26-22(29)20-11-8-12-20/h5-7,9-10,18,20-21H,3-4,8,11-17H2,1-2H3,(H,25,31)(H,26,29). The van der Waals surface area contributed by atoms with Crippen LogP contribution in [-0.4, -0.2) is 65.9 Å². The highest BCUT2D eigenvalue weighted by Crippen LogP contribution is 2.26. The molecule has 1 saturated carbocycles. The van der Waals surface area contributed by atoms with Crippen molar-refractivity contribution < 1.29 is 14.4 Å². The maximum absolute atomic E-state index is 13.4. The fraction of sp³-hybridized carbons (Fsp3) is 0.625. The molecule has 2 atom stereocenters. The number of carbonyl (C=O) groups is 3. The fourth-order valence-electron chi connectivity index (χ4n) is 4.16. The minimum atomic E-state index is -0.576. The Labute approximate surface area is 185 Å². The minimum absolute atomic E-state index is 0.0116. The molecular weight excluding hydrogens is 392 g/mol. The number of hydrogen-bond acceptors (Lipinski definition) is 3. The first kappa shape index (κ1) is 23.1. The summed E-state index contributed by atoms with van der Waals surface area (Å²) in [5.74, 6) is -0.0365. The number of urea groups is 1. The van der Waals surface area contributed by atoms with Crippen molar-refractivity contribution in [2.24, 2.45) is 5.92 Å². The van der Waals surface area contributed by atoms with Crippen LogP contribution in [0.4, 0.5) is 4.79 Å². The molecule has 1 aliphatic carbocycles. The van der Waals surface area contributed by atoms with Crippen LogP contribution < -0.4 is 10.6 Å². The normalized spacial score (nSPS) is 20.0. The molecule has 1 aliphatic heterocycles. The summed E-state index contributed by atoms with van der Waals surface area (Å²) in [6.45, 7) is 6.19. The number of nitrogens with one attached hydrogen (secondary N) is 2. The first-order valence-electron chi connectivity index (χ1n) is 11.7. The quantitative estimate of drug-likeness (QED) is 0.625. The van der Waals surface area contributed by atoms with E-state index in [2.05, 4.69) is 17.6 Å². The number of rotatable bonds is 8. The molecule has 3 rings (SSSR count). The van der Waals surface area contributed by atoms with E-state index in [1.54, 1.807) is 9.80 Å². The second-order valence-electron chi connectivity index (χ2n) is 8.79. The van der Waals surface area contributed by atoms with Crippen molar-refractivity contribution >= 4 is 17.8 Å². The Kier molecular flexibility index (Phi) is 8.32. The Bertz CT molecular complexity index is 750. The zero-order valence-corrected chi connectivity index (χ0v) is 18.8. The van der Waals surface area contributed by atoms with Crippen LogP contribution in [0, 0.1) is 5.92 Å². The molecule has 1 aromatic rings. The van der Waals surface area contributed by atoms with Crippen molar-refractivity contribution in [3.63, 3.8) is 0 Å². The summed E-state index contributed by atoms with van der Waals surface area (Å²) in [5, 5.41) is 5.99. The van der Waals surface area contributed by atoms with Crippen LogP contribution in [0.2, 0.25) is 0 Å². The number of unbranched alkanes of at least 4 members (excludes halogenated alkanes) is 1. The Balaban J connectivity index is 1.62. The molecule has 31 heavy (non-hydrogen) atoms.